The van der Waals surface area contributed by atoms with Gasteiger partial charge in [-0.3, -0.25) is 9.59 Å². The van der Waals surface area contributed by atoms with Crippen LogP contribution in [0.25, 0.3) is 11.1 Å². The normalized spacial score (nSPS) is 19.9. The highest BCUT2D eigenvalue weighted by molar-refractivity contribution is 7.89. The molecule has 2 fully saturated rings. The highest BCUT2D eigenvalue weighted by Crippen LogP contribution is 2.36. The molecule has 1 unspecified atom stereocenters. The van der Waals surface area contributed by atoms with Crippen molar-refractivity contribution in [2.75, 3.05) is 13.1 Å². The Morgan fingerprint density at radius 2 is 1.52 bits per heavy atom. The number of sulfonamides is 1. The van der Waals surface area contributed by atoms with Crippen molar-refractivity contribution in [2.45, 2.75) is 49.5 Å². The van der Waals surface area contributed by atoms with E-state index in [0.717, 1.165) is 30.4 Å². The quantitative estimate of drug-likeness (QED) is 0.439. The van der Waals surface area contributed by atoms with Crippen LogP contribution >= 0.6 is 0 Å². The smallest absolute Gasteiger partial charge is 0.238 e. The molecule has 9 heteroatoms. The number of piperidine rings is 1. The number of hydrogen-bond acceptors (Lipinski definition) is 4. The van der Waals surface area contributed by atoms with Crippen molar-refractivity contribution in [3.8, 4) is 11.1 Å². The Morgan fingerprint density at radius 1 is 0.875 bits per heavy atom. The Kier molecular flexibility index (Phi) is 8.32. The van der Waals surface area contributed by atoms with Crippen molar-refractivity contribution in [1.82, 2.24) is 10.2 Å². The van der Waals surface area contributed by atoms with Crippen molar-refractivity contribution in [1.29, 1.82) is 0 Å². The topological polar surface area (TPSA) is 110 Å². The number of rotatable bonds is 7. The molecule has 0 aromatic heterocycles. The molecule has 7 nitrogen and oxygen atoms in total. The minimum absolute atomic E-state index is 0.0627. The summed E-state index contributed by atoms with van der Waals surface area (Å²) in [7, 11) is -3.86. The molecule has 2 amide bonds. The lowest BCUT2D eigenvalue weighted by molar-refractivity contribution is -0.141. The number of nitrogens with two attached hydrogens (primary N) is 1. The minimum atomic E-state index is -3.86. The molecule has 0 bridgehead atoms. The van der Waals surface area contributed by atoms with Crippen LogP contribution < -0.4 is 10.5 Å². The number of halogens is 1. The predicted molar refractivity (Wildman–Crippen MR) is 151 cm³/mol. The van der Waals surface area contributed by atoms with E-state index >= 15 is 0 Å². The molecule has 3 aromatic carbocycles. The van der Waals surface area contributed by atoms with Gasteiger partial charge in [-0.1, -0.05) is 61.0 Å². The van der Waals surface area contributed by atoms with Crippen LogP contribution in [-0.4, -0.2) is 38.2 Å². The minimum Gasteiger partial charge on any atom is -0.352 e. The van der Waals surface area contributed by atoms with Crippen LogP contribution in [0.3, 0.4) is 0 Å². The average molecular weight is 564 g/mol. The molecule has 2 aliphatic rings. The zero-order valence-corrected chi connectivity index (χ0v) is 23.1. The summed E-state index contributed by atoms with van der Waals surface area (Å²) < 4.78 is 37.2. The van der Waals surface area contributed by atoms with Crippen molar-refractivity contribution >= 4 is 21.8 Å². The van der Waals surface area contributed by atoms with Crippen LogP contribution in [0.4, 0.5) is 4.39 Å². The lowest BCUT2D eigenvalue weighted by Gasteiger charge is -2.34. The van der Waals surface area contributed by atoms with E-state index in [2.05, 4.69) is 5.32 Å². The fourth-order valence-corrected chi connectivity index (χ4v) is 6.81. The van der Waals surface area contributed by atoms with Crippen LogP contribution in [0.1, 0.15) is 49.1 Å². The van der Waals surface area contributed by atoms with E-state index < -0.39 is 10.0 Å². The maximum atomic E-state index is 13.4. The first-order valence-electron chi connectivity index (χ1n) is 13.7. The molecule has 2 atom stereocenters. The monoisotopic (exact) mass is 563 g/mol. The molecule has 0 spiro atoms. The van der Waals surface area contributed by atoms with E-state index in [0.29, 0.717) is 49.5 Å². The number of nitrogens with one attached hydrogen (secondary N) is 1. The van der Waals surface area contributed by atoms with E-state index in [-0.39, 0.29) is 34.4 Å². The molecule has 1 saturated carbocycles. The van der Waals surface area contributed by atoms with Gasteiger partial charge < -0.3 is 10.2 Å². The van der Waals surface area contributed by atoms with Gasteiger partial charge in [0.05, 0.1) is 4.90 Å². The molecule has 1 aliphatic heterocycles. The lowest BCUT2D eigenvalue weighted by Crippen LogP contribution is -2.44. The number of amides is 2. The van der Waals surface area contributed by atoms with Crippen molar-refractivity contribution in [2.24, 2.45) is 17.0 Å². The number of carbonyl (C=O) groups is 2. The Morgan fingerprint density at radius 3 is 2.20 bits per heavy atom. The summed E-state index contributed by atoms with van der Waals surface area (Å²) >= 11 is 0. The van der Waals surface area contributed by atoms with Gasteiger partial charge in [-0.15, -0.1) is 0 Å². The molecule has 5 rings (SSSR count). The third-order valence-corrected chi connectivity index (χ3v) is 9.21. The summed E-state index contributed by atoms with van der Waals surface area (Å²) in [5.41, 5.74) is 3.21. The van der Waals surface area contributed by atoms with E-state index in [1.807, 2.05) is 41.3 Å². The van der Waals surface area contributed by atoms with Gasteiger partial charge in [-0.05, 0) is 66.5 Å². The molecule has 0 radical (unpaired) electrons. The van der Waals surface area contributed by atoms with Gasteiger partial charge >= 0.3 is 0 Å². The maximum Gasteiger partial charge on any atom is 0.238 e. The first-order valence-corrected chi connectivity index (χ1v) is 15.3. The van der Waals surface area contributed by atoms with Crippen LogP contribution in [-0.2, 0) is 26.2 Å². The maximum absolute atomic E-state index is 13.4. The van der Waals surface area contributed by atoms with Gasteiger partial charge in [0.25, 0.3) is 0 Å². The van der Waals surface area contributed by atoms with Gasteiger partial charge in [0.2, 0.25) is 21.8 Å². The van der Waals surface area contributed by atoms with E-state index in [4.69, 9.17) is 5.14 Å². The van der Waals surface area contributed by atoms with Gasteiger partial charge in [0.15, 0.2) is 0 Å². The second kappa shape index (κ2) is 11.9. The molecule has 3 N–H and O–H groups in total. The molecular weight excluding hydrogens is 529 g/mol. The fourth-order valence-electron chi connectivity index (χ4n) is 6.05. The fraction of sp³-hybridized carbons (Fsp3) is 0.355. The molecular formula is C31H34FN3O4S. The van der Waals surface area contributed by atoms with Gasteiger partial charge in [-0.25, -0.2) is 17.9 Å². The number of primary sulfonamides is 1. The summed E-state index contributed by atoms with van der Waals surface area (Å²) in [4.78, 5) is 28.5. The van der Waals surface area contributed by atoms with Crippen molar-refractivity contribution < 1.29 is 22.4 Å². The van der Waals surface area contributed by atoms with Crippen molar-refractivity contribution in [3.63, 3.8) is 0 Å². The summed E-state index contributed by atoms with van der Waals surface area (Å²) in [5.74, 6) is -0.631. The molecule has 3 aromatic rings. The summed E-state index contributed by atoms with van der Waals surface area (Å²) in [6.45, 7) is 1.61. The number of nitrogens with zero attached hydrogens (tertiary/aromatic N) is 1. The highest BCUT2D eigenvalue weighted by Gasteiger charge is 2.40. The standard InChI is InChI=1S/C31H34FN3O4S/c32-25-14-12-22(13-15-25)23-16-18-35(19-17-23)31(37)28-6-3-5-27(28)30(36)34-20-21-8-10-24(11-9-21)26-4-1-2-7-29(26)40(33,38)39/h1-2,4,7-15,23,27-28H,3,5-6,16-20H2,(H,34,36)(H2,33,38,39)/t27-,28?/m1/s1. The summed E-state index contributed by atoms with van der Waals surface area (Å²) in [5, 5.41) is 8.37. The summed E-state index contributed by atoms with van der Waals surface area (Å²) in [6, 6.07) is 20.5. The highest BCUT2D eigenvalue weighted by atomic mass is 32.2. The number of hydrogen-bond donors (Lipinski definition) is 2. The zero-order valence-electron chi connectivity index (χ0n) is 22.3. The number of likely N-dealkylation sites (tertiary alicyclic amines) is 1. The van der Waals surface area contributed by atoms with Crippen LogP contribution in [0, 0.1) is 17.7 Å². The van der Waals surface area contributed by atoms with Crippen LogP contribution in [0.2, 0.25) is 0 Å². The Hall–Kier alpha value is -3.56. The molecule has 1 saturated heterocycles. The predicted octanol–water partition coefficient (Wildman–Crippen LogP) is 4.58. The number of carbonyl (C=O) groups excluding carboxylic acids is 2. The molecule has 40 heavy (non-hydrogen) atoms. The van der Waals surface area contributed by atoms with E-state index in [9.17, 15) is 22.4 Å². The molecule has 210 valence electrons. The van der Waals surface area contributed by atoms with Crippen molar-refractivity contribution in [3.05, 3.63) is 89.7 Å². The second-order valence-electron chi connectivity index (χ2n) is 10.8. The number of benzene rings is 3. The first kappa shape index (κ1) is 28.0. The Labute approximate surface area is 234 Å². The van der Waals surface area contributed by atoms with E-state index in [1.165, 1.54) is 18.2 Å². The zero-order chi connectivity index (χ0) is 28.3. The molecule has 1 aliphatic carbocycles. The third kappa shape index (κ3) is 6.26. The van der Waals surface area contributed by atoms with Gasteiger partial charge in [-0.2, -0.15) is 0 Å². The lowest BCUT2D eigenvalue weighted by atomic mass is 9.87. The average Bonchev–Trinajstić information content (AvgIpc) is 3.46. The van der Waals surface area contributed by atoms with Gasteiger partial charge in [0, 0.05) is 37.0 Å². The SMILES string of the molecule is NS(=O)(=O)c1ccccc1-c1ccc(CNC(=O)[C@@H]2CCCC2C(=O)N2CCC(c3ccc(F)cc3)CC2)cc1. The summed E-state index contributed by atoms with van der Waals surface area (Å²) in [6.07, 6.45) is 3.92. The first-order chi connectivity index (χ1) is 19.2. The largest absolute Gasteiger partial charge is 0.352 e. The Balaban J connectivity index is 1.16. The second-order valence-corrected chi connectivity index (χ2v) is 12.3. The third-order valence-electron chi connectivity index (χ3n) is 8.24. The van der Waals surface area contributed by atoms with Crippen LogP contribution in [0.5, 0.6) is 0 Å². The van der Waals surface area contributed by atoms with Crippen LogP contribution in [0.15, 0.2) is 77.7 Å². The van der Waals surface area contributed by atoms with E-state index in [1.54, 1.807) is 18.2 Å². The molecule has 1 heterocycles. The Bertz CT molecular complexity index is 1470. The van der Waals surface area contributed by atoms with Gasteiger partial charge in [0.1, 0.15) is 5.82 Å².